The molecule has 0 spiro atoms. The highest BCUT2D eigenvalue weighted by molar-refractivity contribution is 7.89. The maximum Gasteiger partial charge on any atom is 0.252 e. The Balaban J connectivity index is 2.30. The quantitative estimate of drug-likeness (QED) is 0.870. The van der Waals surface area contributed by atoms with E-state index in [1.165, 1.54) is 25.2 Å². The van der Waals surface area contributed by atoms with Crippen LogP contribution in [-0.2, 0) is 10.0 Å². The molecular weight excluding hydrogens is 331 g/mol. The van der Waals surface area contributed by atoms with Crippen LogP contribution in [0.1, 0.15) is 34.5 Å². The van der Waals surface area contributed by atoms with Crippen molar-refractivity contribution in [2.45, 2.75) is 24.8 Å². The number of benzene rings is 2. The molecule has 5 nitrogen and oxygen atoms in total. The molecule has 7 heteroatoms. The zero-order chi connectivity index (χ0) is 17.9. The van der Waals surface area contributed by atoms with Crippen molar-refractivity contribution >= 4 is 15.9 Å². The minimum atomic E-state index is -3.65. The molecule has 24 heavy (non-hydrogen) atoms. The minimum Gasteiger partial charge on any atom is -0.345 e. The summed E-state index contributed by atoms with van der Waals surface area (Å²) < 4.78 is 39.8. The number of amides is 1. The fourth-order valence-corrected chi connectivity index (χ4v) is 3.07. The number of aryl methyl sites for hydroxylation is 1. The molecule has 1 atom stereocenters. The predicted molar refractivity (Wildman–Crippen MR) is 89.7 cm³/mol. The molecule has 0 fully saturated rings. The molecule has 2 aromatic rings. The number of hydrogen-bond acceptors (Lipinski definition) is 3. The van der Waals surface area contributed by atoms with E-state index in [4.69, 9.17) is 0 Å². The van der Waals surface area contributed by atoms with E-state index >= 15 is 0 Å². The zero-order valence-electron chi connectivity index (χ0n) is 13.6. The van der Waals surface area contributed by atoms with Gasteiger partial charge < -0.3 is 5.32 Å². The molecule has 0 aliphatic heterocycles. The highest BCUT2D eigenvalue weighted by Gasteiger charge is 2.19. The number of carbonyl (C=O) groups excluding carboxylic acids is 1. The van der Waals surface area contributed by atoms with Gasteiger partial charge in [-0.15, -0.1) is 0 Å². The third kappa shape index (κ3) is 3.80. The van der Waals surface area contributed by atoms with Gasteiger partial charge in [0.15, 0.2) is 0 Å². The van der Waals surface area contributed by atoms with Crippen LogP contribution in [-0.4, -0.2) is 21.4 Å². The summed E-state index contributed by atoms with van der Waals surface area (Å²) in [6.07, 6.45) is 0. The highest BCUT2D eigenvalue weighted by atomic mass is 32.2. The Morgan fingerprint density at radius 3 is 2.46 bits per heavy atom. The van der Waals surface area contributed by atoms with Crippen LogP contribution in [0.2, 0.25) is 0 Å². The van der Waals surface area contributed by atoms with Crippen molar-refractivity contribution in [3.8, 4) is 0 Å². The van der Waals surface area contributed by atoms with E-state index in [9.17, 15) is 17.6 Å². The second-order valence-corrected chi connectivity index (χ2v) is 7.29. The van der Waals surface area contributed by atoms with Gasteiger partial charge in [-0.2, -0.15) is 0 Å². The Morgan fingerprint density at radius 1 is 1.17 bits per heavy atom. The molecule has 0 aliphatic rings. The van der Waals surface area contributed by atoms with Crippen molar-refractivity contribution in [2.24, 2.45) is 0 Å². The Labute approximate surface area is 141 Å². The Kier molecular flexibility index (Phi) is 5.36. The summed E-state index contributed by atoms with van der Waals surface area (Å²) in [6, 6.07) is 9.92. The fraction of sp³-hybridized carbons (Fsp3) is 0.235. The number of sulfonamides is 1. The first-order chi connectivity index (χ1) is 11.3. The van der Waals surface area contributed by atoms with E-state index in [2.05, 4.69) is 10.0 Å². The fourth-order valence-electron chi connectivity index (χ4n) is 2.31. The van der Waals surface area contributed by atoms with Gasteiger partial charge in [0.05, 0.1) is 10.9 Å². The first-order valence-corrected chi connectivity index (χ1v) is 8.84. The molecule has 0 saturated carbocycles. The van der Waals surface area contributed by atoms with Crippen molar-refractivity contribution in [2.75, 3.05) is 7.05 Å². The number of hydrogen-bond donors (Lipinski definition) is 2. The third-order valence-corrected chi connectivity index (χ3v) is 5.16. The predicted octanol–water partition coefficient (Wildman–Crippen LogP) is 2.53. The summed E-state index contributed by atoms with van der Waals surface area (Å²) in [5.74, 6) is -0.870. The van der Waals surface area contributed by atoms with Crippen molar-refractivity contribution in [3.05, 3.63) is 65.0 Å². The Morgan fingerprint density at radius 2 is 1.83 bits per heavy atom. The van der Waals surface area contributed by atoms with Crippen molar-refractivity contribution < 1.29 is 17.6 Å². The van der Waals surface area contributed by atoms with E-state index in [1.54, 1.807) is 38.1 Å². The number of nitrogens with one attached hydrogen (secondary N) is 2. The van der Waals surface area contributed by atoms with Gasteiger partial charge in [-0.1, -0.05) is 24.3 Å². The maximum absolute atomic E-state index is 13.8. The lowest BCUT2D eigenvalue weighted by molar-refractivity contribution is 0.0938. The molecule has 128 valence electrons. The molecule has 1 amide bonds. The lowest BCUT2D eigenvalue weighted by Crippen LogP contribution is -2.28. The van der Waals surface area contributed by atoms with E-state index in [1.807, 2.05) is 0 Å². The van der Waals surface area contributed by atoms with Gasteiger partial charge in [-0.3, -0.25) is 4.79 Å². The average molecular weight is 350 g/mol. The van der Waals surface area contributed by atoms with Crippen LogP contribution in [0.4, 0.5) is 4.39 Å². The van der Waals surface area contributed by atoms with Gasteiger partial charge in [-0.25, -0.2) is 17.5 Å². The Bertz CT molecular complexity index is 866. The van der Waals surface area contributed by atoms with Crippen LogP contribution in [0.3, 0.4) is 0 Å². The SMILES string of the molecule is CNS(=O)(=O)c1ccc(C)c(C(=O)N[C@@H](C)c2ccccc2F)c1. The summed E-state index contributed by atoms with van der Waals surface area (Å²) in [7, 11) is -2.35. The topological polar surface area (TPSA) is 75.3 Å². The van der Waals surface area contributed by atoms with Gasteiger partial charge in [0.25, 0.3) is 5.91 Å². The molecule has 0 bridgehead atoms. The number of rotatable bonds is 5. The van der Waals surface area contributed by atoms with Crippen LogP contribution in [0.25, 0.3) is 0 Å². The summed E-state index contributed by atoms with van der Waals surface area (Å²) in [5.41, 5.74) is 1.22. The van der Waals surface area contributed by atoms with Crippen LogP contribution in [0.15, 0.2) is 47.4 Å². The second kappa shape index (κ2) is 7.11. The van der Waals surface area contributed by atoms with Crippen LogP contribution < -0.4 is 10.0 Å². The summed E-state index contributed by atoms with van der Waals surface area (Å²) in [5, 5.41) is 2.70. The second-order valence-electron chi connectivity index (χ2n) is 5.40. The molecule has 0 unspecified atom stereocenters. The molecule has 0 saturated heterocycles. The van der Waals surface area contributed by atoms with Crippen LogP contribution >= 0.6 is 0 Å². The smallest absolute Gasteiger partial charge is 0.252 e. The molecular formula is C17H19FN2O3S. The first-order valence-electron chi connectivity index (χ1n) is 7.35. The van der Waals surface area contributed by atoms with Crippen LogP contribution in [0, 0.1) is 12.7 Å². The molecule has 2 rings (SSSR count). The molecule has 0 aromatic heterocycles. The van der Waals surface area contributed by atoms with Crippen molar-refractivity contribution in [1.29, 1.82) is 0 Å². The lowest BCUT2D eigenvalue weighted by atomic mass is 10.1. The van der Waals surface area contributed by atoms with E-state index in [0.717, 1.165) is 0 Å². The van der Waals surface area contributed by atoms with E-state index in [0.29, 0.717) is 11.1 Å². The van der Waals surface area contributed by atoms with Gasteiger partial charge in [0, 0.05) is 11.1 Å². The summed E-state index contributed by atoms with van der Waals surface area (Å²) in [6.45, 7) is 3.37. The zero-order valence-corrected chi connectivity index (χ0v) is 14.4. The van der Waals surface area contributed by atoms with Gasteiger partial charge in [-0.05, 0) is 44.7 Å². The molecule has 2 N–H and O–H groups in total. The van der Waals surface area contributed by atoms with Crippen molar-refractivity contribution in [1.82, 2.24) is 10.0 Å². The Hall–Kier alpha value is -2.25. The molecule has 0 radical (unpaired) electrons. The third-order valence-electron chi connectivity index (χ3n) is 3.75. The minimum absolute atomic E-state index is 0.000653. The normalized spacial score (nSPS) is 12.7. The summed E-state index contributed by atoms with van der Waals surface area (Å²) >= 11 is 0. The molecule has 0 aliphatic carbocycles. The van der Waals surface area contributed by atoms with Gasteiger partial charge >= 0.3 is 0 Å². The van der Waals surface area contributed by atoms with Crippen molar-refractivity contribution in [3.63, 3.8) is 0 Å². The van der Waals surface area contributed by atoms with Gasteiger partial charge in [0.1, 0.15) is 5.82 Å². The maximum atomic E-state index is 13.8. The van der Waals surface area contributed by atoms with Crippen LogP contribution in [0.5, 0.6) is 0 Å². The molecule has 0 heterocycles. The molecule has 2 aromatic carbocycles. The number of halogens is 1. The highest BCUT2D eigenvalue weighted by Crippen LogP contribution is 2.19. The first kappa shape index (κ1) is 18.1. The van der Waals surface area contributed by atoms with Gasteiger partial charge in [0.2, 0.25) is 10.0 Å². The number of carbonyl (C=O) groups is 1. The largest absolute Gasteiger partial charge is 0.345 e. The lowest BCUT2D eigenvalue weighted by Gasteiger charge is -2.16. The monoisotopic (exact) mass is 350 g/mol. The van der Waals surface area contributed by atoms with E-state index in [-0.39, 0.29) is 10.5 Å². The summed E-state index contributed by atoms with van der Waals surface area (Å²) in [4.78, 5) is 12.5. The average Bonchev–Trinajstić information content (AvgIpc) is 2.55. The van der Waals surface area contributed by atoms with E-state index < -0.39 is 27.8 Å². The standard InChI is InChI=1S/C17H19FN2O3S/c1-11-8-9-13(24(22,23)19-3)10-15(11)17(21)20-12(2)14-6-4-5-7-16(14)18/h4-10,12,19H,1-3H3,(H,20,21)/t12-/m0/s1.